The molecule has 2 aromatic rings. The number of nitrogens with zero attached hydrogens (tertiary/aromatic N) is 2. The number of carbonyl (C=O) groups is 2. The molecule has 0 saturated carbocycles. The first-order valence-corrected chi connectivity index (χ1v) is 7.90. The van der Waals surface area contributed by atoms with Crippen LogP contribution in [0.3, 0.4) is 0 Å². The molecular formula is C18H18FN3O3. The molecule has 2 heterocycles. The summed E-state index contributed by atoms with van der Waals surface area (Å²) in [6.45, 7) is 1.63. The monoisotopic (exact) mass is 343 g/mol. The topological polar surface area (TPSA) is 82.5 Å². The van der Waals surface area contributed by atoms with Crippen LogP contribution >= 0.6 is 0 Å². The summed E-state index contributed by atoms with van der Waals surface area (Å²) in [6.07, 6.45) is 3.07. The van der Waals surface area contributed by atoms with E-state index < -0.39 is 5.92 Å². The molecule has 1 aliphatic rings. The molecule has 2 amide bonds. The highest BCUT2D eigenvalue weighted by molar-refractivity contribution is 6.03. The van der Waals surface area contributed by atoms with E-state index in [9.17, 15) is 19.1 Å². The largest absolute Gasteiger partial charge is 0.392 e. The van der Waals surface area contributed by atoms with Gasteiger partial charge in [0.25, 0.3) is 0 Å². The second-order valence-corrected chi connectivity index (χ2v) is 6.02. The van der Waals surface area contributed by atoms with Crippen LogP contribution in [0.2, 0.25) is 0 Å². The van der Waals surface area contributed by atoms with Crippen LogP contribution in [0.25, 0.3) is 0 Å². The highest BCUT2D eigenvalue weighted by atomic mass is 19.1. The molecule has 1 saturated heterocycles. The summed E-state index contributed by atoms with van der Waals surface area (Å²) in [4.78, 5) is 30.2. The Balaban J connectivity index is 1.73. The molecular weight excluding hydrogens is 325 g/mol. The van der Waals surface area contributed by atoms with Gasteiger partial charge in [0.05, 0.1) is 24.4 Å². The summed E-state index contributed by atoms with van der Waals surface area (Å²) in [5, 5.41) is 12.0. The van der Waals surface area contributed by atoms with E-state index in [1.165, 1.54) is 29.4 Å². The van der Waals surface area contributed by atoms with Crippen molar-refractivity contribution in [1.29, 1.82) is 0 Å². The molecule has 0 unspecified atom stereocenters. The van der Waals surface area contributed by atoms with Crippen LogP contribution < -0.4 is 10.2 Å². The van der Waals surface area contributed by atoms with Crippen molar-refractivity contribution in [3.63, 3.8) is 0 Å². The molecule has 130 valence electrons. The number of aliphatic hydroxyl groups is 1. The van der Waals surface area contributed by atoms with Crippen LogP contribution in [0.4, 0.5) is 15.8 Å². The maximum absolute atomic E-state index is 13.4. The van der Waals surface area contributed by atoms with Gasteiger partial charge in [-0.05, 0) is 36.8 Å². The van der Waals surface area contributed by atoms with Crippen LogP contribution in [-0.2, 0) is 16.2 Å². The Morgan fingerprint density at radius 2 is 2.24 bits per heavy atom. The third-order valence-corrected chi connectivity index (χ3v) is 4.29. The fourth-order valence-electron chi connectivity index (χ4n) is 2.84. The first-order valence-electron chi connectivity index (χ1n) is 7.90. The maximum Gasteiger partial charge on any atom is 0.229 e. The third kappa shape index (κ3) is 3.51. The Bertz CT molecular complexity index is 825. The van der Waals surface area contributed by atoms with Crippen molar-refractivity contribution in [2.45, 2.75) is 20.0 Å². The quantitative estimate of drug-likeness (QED) is 0.890. The molecule has 0 spiro atoms. The number of aliphatic hydroxyl groups excluding tert-OH is 1. The minimum absolute atomic E-state index is 0.0803. The zero-order chi connectivity index (χ0) is 18.0. The Kier molecular flexibility index (Phi) is 4.76. The molecule has 0 radical (unpaired) electrons. The van der Waals surface area contributed by atoms with Gasteiger partial charge in [0.2, 0.25) is 11.8 Å². The highest BCUT2D eigenvalue weighted by Gasteiger charge is 2.35. The van der Waals surface area contributed by atoms with Gasteiger partial charge in [-0.1, -0.05) is 0 Å². The van der Waals surface area contributed by atoms with Crippen LogP contribution in [-0.4, -0.2) is 28.4 Å². The van der Waals surface area contributed by atoms with E-state index >= 15 is 0 Å². The minimum Gasteiger partial charge on any atom is -0.392 e. The molecule has 0 aliphatic carbocycles. The van der Waals surface area contributed by atoms with Crippen molar-refractivity contribution >= 4 is 23.2 Å². The number of halogens is 1. The van der Waals surface area contributed by atoms with Gasteiger partial charge in [-0.15, -0.1) is 0 Å². The first kappa shape index (κ1) is 17.0. The number of pyridine rings is 1. The molecule has 0 bridgehead atoms. The van der Waals surface area contributed by atoms with Crippen LogP contribution in [0, 0.1) is 18.7 Å². The third-order valence-electron chi connectivity index (χ3n) is 4.29. The van der Waals surface area contributed by atoms with E-state index in [0.29, 0.717) is 22.5 Å². The number of nitrogens with one attached hydrogen (secondary N) is 1. The smallest absolute Gasteiger partial charge is 0.229 e. The number of aromatic nitrogens is 1. The van der Waals surface area contributed by atoms with Crippen molar-refractivity contribution in [2.24, 2.45) is 5.92 Å². The van der Waals surface area contributed by atoms with E-state index in [1.54, 1.807) is 19.1 Å². The molecule has 1 aromatic heterocycles. The number of hydrogen-bond donors (Lipinski definition) is 2. The summed E-state index contributed by atoms with van der Waals surface area (Å²) in [5.74, 6) is -1.35. The molecule has 1 aliphatic heterocycles. The molecule has 7 heteroatoms. The fourth-order valence-corrected chi connectivity index (χ4v) is 2.84. The number of anilines is 2. The van der Waals surface area contributed by atoms with E-state index in [-0.39, 0.29) is 37.2 Å². The lowest BCUT2D eigenvalue weighted by Crippen LogP contribution is -2.28. The predicted octanol–water partition coefficient (Wildman–Crippen LogP) is 2.01. The summed E-state index contributed by atoms with van der Waals surface area (Å²) < 4.78 is 13.4. The predicted molar refractivity (Wildman–Crippen MR) is 90.4 cm³/mol. The molecule has 3 rings (SSSR count). The summed E-state index contributed by atoms with van der Waals surface area (Å²) in [5.41, 5.74) is 2.01. The van der Waals surface area contributed by atoms with Gasteiger partial charge in [-0.3, -0.25) is 14.6 Å². The zero-order valence-corrected chi connectivity index (χ0v) is 13.7. The molecule has 1 aromatic carbocycles. The van der Waals surface area contributed by atoms with Gasteiger partial charge < -0.3 is 15.3 Å². The zero-order valence-electron chi connectivity index (χ0n) is 13.7. The van der Waals surface area contributed by atoms with Crippen LogP contribution in [0.5, 0.6) is 0 Å². The number of amides is 2. The number of rotatable bonds is 4. The van der Waals surface area contributed by atoms with Crippen molar-refractivity contribution in [3.05, 3.63) is 53.6 Å². The van der Waals surface area contributed by atoms with Crippen LogP contribution in [0.1, 0.15) is 17.5 Å². The maximum atomic E-state index is 13.4. The second-order valence-electron chi connectivity index (χ2n) is 6.02. The standard InChI is InChI=1S/C18H18FN3O3/c1-11-6-14(2-3-15(11)19)22-9-13(7-17(22)24)18(25)21-16-8-20-5-4-12(16)10-23/h2-6,8,13,23H,7,9-10H2,1H3,(H,21,25)/t13-/m1/s1. The lowest BCUT2D eigenvalue weighted by atomic mass is 10.1. The molecule has 1 atom stereocenters. The van der Waals surface area contributed by atoms with E-state index in [4.69, 9.17) is 0 Å². The molecule has 1 fully saturated rings. The Hall–Kier alpha value is -2.80. The fraction of sp³-hybridized carbons (Fsp3) is 0.278. The number of carbonyl (C=O) groups excluding carboxylic acids is 2. The van der Waals surface area contributed by atoms with Gasteiger partial charge in [0.15, 0.2) is 0 Å². The van der Waals surface area contributed by atoms with Crippen LogP contribution in [0.15, 0.2) is 36.7 Å². The Labute approximate surface area is 144 Å². The molecule has 25 heavy (non-hydrogen) atoms. The van der Waals surface area contributed by atoms with Crippen molar-refractivity contribution in [3.8, 4) is 0 Å². The number of benzene rings is 1. The van der Waals surface area contributed by atoms with Gasteiger partial charge in [-0.25, -0.2) is 4.39 Å². The van der Waals surface area contributed by atoms with Crippen molar-refractivity contribution in [2.75, 3.05) is 16.8 Å². The van der Waals surface area contributed by atoms with E-state index in [0.717, 1.165) is 0 Å². The number of aryl methyl sites for hydroxylation is 1. The average Bonchev–Trinajstić information content (AvgIpc) is 3.00. The number of hydrogen-bond acceptors (Lipinski definition) is 4. The van der Waals surface area contributed by atoms with Gasteiger partial charge in [-0.2, -0.15) is 0 Å². The lowest BCUT2D eigenvalue weighted by Gasteiger charge is -2.17. The highest BCUT2D eigenvalue weighted by Crippen LogP contribution is 2.27. The Morgan fingerprint density at radius 1 is 1.44 bits per heavy atom. The summed E-state index contributed by atoms with van der Waals surface area (Å²) in [6, 6.07) is 6.06. The first-order chi connectivity index (χ1) is 12.0. The van der Waals surface area contributed by atoms with E-state index in [1.807, 2.05) is 0 Å². The van der Waals surface area contributed by atoms with Crippen molar-refractivity contribution < 1.29 is 19.1 Å². The van der Waals surface area contributed by atoms with Crippen molar-refractivity contribution in [1.82, 2.24) is 4.98 Å². The van der Waals surface area contributed by atoms with Gasteiger partial charge in [0.1, 0.15) is 5.82 Å². The Morgan fingerprint density at radius 3 is 2.96 bits per heavy atom. The van der Waals surface area contributed by atoms with Gasteiger partial charge in [0, 0.05) is 30.4 Å². The molecule has 6 nitrogen and oxygen atoms in total. The van der Waals surface area contributed by atoms with E-state index in [2.05, 4.69) is 10.3 Å². The second kappa shape index (κ2) is 6.98. The molecule has 2 N–H and O–H groups in total. The normalized spacial score (nSPS) is 17.0. The summed E-state index contributed by atoms with van der Waals surface area (Å²) >= 11 is 0. The minimum atomic E-state index is -0.524. The lowest BCUT2D eigenvalue weighted by molar-refractivity contribution is -0.122. The van der Waals surface area contributed by atoms with Gasteiger partial charge >= 0.3 is 0 Å². The SMILES string of the molecule is Cc1cc(N2C[C@H](C(=O)Nc3cnccc3CO)CC2=O)ccc1F. The summed E-state index contributed by atoms with van der Waals surface area (Å²) in [7, 11) is 0. The average molecular weight is 343 g/mol.